The fourth-order valence-corrected chi connectivity index (χ4v) is 3.46. The summed E-state index contributed by atoms with van der Waals surface area (Å²) in [6.45, 7) is 3.10. The molecule has 1 heterocycles. The average Bonchev–Trinajstić information content (AvgIpc) is 2.82. The lowest BCUT2D eigenvalue weighted by molar-refractivity contribution is 0.562. The first-order chi connectivity index (χ1) is 7.77. The van der Waals surface area contributed by atoms with Crippen molar-refractivity contribution in [3.63, 3.8) is 0 Å². The summed E-state index contributed by atoms with van der Waals surface area (Å²) in [6, 6.07) is 9.86. The van der Waals surface area contributed by atoms with Crippen LogP contribution in [0.5, 0.6) is 0 Å². The molecular formula is C14H20N2. The van der Waals surface area contributed by atoms with Crippen LogP contribution in [-0.4, -0.2) is 18.6 Å². The molecule has 1 fully saturated rings. The standard InChI is InChI=1S/C14H20N2/c1-10(15)9-16-13-7-3-2-5-11(13)12-6-4-8-14(12)16/h2-3,5,7,10,12,14H,4,6,8-9,15H2,1H3/t10-,12?,14?/m1/s1. The van der Waals surface area contributed by atoms with Gasteiger partial charge < -0.3 is 10.6 Å². The van der Waals surface area contributed by atoms with Crippen LogP contribution in [0, 0.1) is 0 Å². The Bertz CT molecular complexity index is 386. The van der Waals surface area contributed by atoms with Gasteiger partial charge in [0.05, 0.1) is 0 Å². The average molecular weight is 216 g/mol. The van der Waals surface area contributed by atoms with Crippen LogP contribution < -0.4 is 10.6 Å². The van der Waals surface area contributed by atoms with Gasteiger partial charge in [-0.1, -0.05) is 24.6 Å². The van der Waals surface area contributed by atoms with Crippen LogP contribution in [0.1, 0.15) is 37.7 Å². The summed E-state index contributed by atoms with van der Waals surface area (Å²) in [4.78, 5) is 2.55. The van der Waals surface area contributed by atoms with E-state index in [-0.39, 0.29) is 6.04 Å². The molecule has 0 bridgehead atoms. The number of rotatable bonds is 2. The number of nitrogens with two attached hydrogens (primary N) is 1. The fourth-order valence-electron chi connectivity index (χ4n) is 3.46. The van der Waals surface area contributed by atoms with Crippen molar-refractivity contribution < 1.29 is 0 Å². The predicted octanol–water partition coefficient (Wildman–Crippen LogP) is 2.49. The molecular weight excluding hydrogens is 196 g/mol. The molecule has 1 aromatic rings. The van der Waals surface area contributed by atoms with Crippen LogP contribution in [0.15, 0.2) is 24.3 Å². The van der Waals surface area contributed by atoms with Crippen molar-refractivity contribution in [2.75, 3.05) is 11.4 Å². The van der Waals surface area contributed by atoms with Crippen molar-refractivity contribution in [3.8, 4) is 0 Å². The number of benzene rings is 1. The molecule has 0 spiro atoms. The number of hydrogen-bond donors (Lipinski definition) is 1. The Morgan fingerprint density at radius 3 is 3.00 bits per heavy atom. The van der Waals surface area contributed by atoms with E-state index >= 15 is 0 Å². The van der Waals surface area contributed by atoms with E-state index in [9.17, 15) is 0 Å². The molecule has 1 aliphatic heterocycles. The van der Waals surface area contributed by atoms with Gasteiger partial charge in [0.1, 0.15) is 0 Å². The number of nitrogens with zero attached hydrogens (tertiary/aromatic N) is 1. The Hall–Kier alpha value is -1.02. The highest BCUT2D eigenvalue weighted by Crippen LogP contribution is 2.48. The van der Waals surface area contributed by atoms with Crippen molar-refractivity contribution in [1.82, 2.24) is 0 Å². The molecule has 2 heteroatoms. The maximum atomic E-state index is 5.97. The Morgan fingerprint density at radius 1 is 1.38 bits per heavy atom. The number of fused-ring (bicyclic) bond motifs is 3. The lowest BCUT2D eigenvalue weighted by atomic mass is 9.98. The minimum absolute atomic E-state index is 0.257. The van der Waals surface area contributed by atoms with E-state index in [1.54, 1.807) is 5.56 Å². The van der Waals surface area contributed by atoms with Gasteiger partial charge in [0.2, 0.25) is 0 Å². The second-order valence-electron chi connectivity index (χ2n) is 5.29. The Balaban J connectivity index is 1.98. The van der Waals surface area contributed by atoms with Gasteiger partial charge in [0.15, 0.2) is 0 Å². The first-order valence-electron chi connectivity index (χ1n) is 6.38. The van der Waals surface area contributed by atoms with Crippen LogP contribution in [0.2, 0.25) is 0 Å². The topological polar surface area (TPSA) is 29.3 Å². The van der Waals surface area contributed by atoms with E-state index in [1.165, 1.54) is 24.9 Å². The predicted molar refractivity (Wildman–Crippen MR) is 67.8 cm³/mol. The summed E-state index contributed by atoms with van der Waals surface area (Å²) < 4.78 is 0. The zero-order valence-electron chi connectivity index (χ0n) is 9.89. The highest BCUT2D eigenvalue weighted by molar-refractivity contribution is 5.62. The fraction of sp³-hybridized carbons (Fsp3) is 0.571. The first-order valence-corrected chi connectivity index (χ1v) is 6.38. The molecule has 2 unspecified atom stereocenters. The monoisotopic (exact) mass is 216 g/mol. The largest absolute Gasteiger partial charge is 0.366 e. The van der Waals surface area contributed by atoms with E-state index in [1.807, 2.05) is 0 Å². The summed E-state index contributed by atoms with van der Waals surface area (Å²) in [5, 5.41) is 0. The summed E-state index contributed by atoms with van der Waals surface area (Å²) in [5.41, 5.74) is 8.97. The lowest BCUT2D eigenvalue weighted by Gasteiger charge is -2.28. The summed E-state index contributed by atoms with van der Waals surface area (Å²) in [5.74, 6) is 0.773. The first kappa shape index (κ1) is 10.2. The Morgan fingerprint density at radius 2 is 2.19 bits per heavy atom. The van der Waals surface area contributed by atoms with Gasteiger partial charge in [0.25, 0.3) is 0 Å². The van der Waals surface area contributed by atoms with Crippen LogP contribution >= 0.6 is 0 Å². The van der Waals surface area contributed by atoms with Gasteiger partial charge in [0, 0.05) is 30.2 Å². The van der Waals surface area contributed by atoms with Crippen LogP contribution in [0.3, 0.4) is 0 Å². The summed E-state index contributed by atoms with van der Waals surface area (Å²) in [7, 11) is 0. The smallest absolute Gasteiger partial charge is 0.0405 e. The normalized spacial score (nSPS) is 29.0. The maximum Gasteiger partial charge on any atom is 0.0405 e. The molecule has 2 aliphatic rings. The molecule has 1 saturated carbocycles. The quantitative estimate of drug-likeness (QED) is 0.823. The Labute approximate surface area is 97.4 Å². The van der Waals surface area contributed by atoms with Crippen molar-refractivity contribution in [3.05, 3.63) is 29.8 Å². The van der Waals surface area contributed by atoms with Crippen molar-refractivity contribution in [1.29, 1.82) is 0 Å². The number of hydrogen-bond acceptors (Lipinski definition) is 2. The van der Waals surface area contributed by atoms with Gasteiger partial charge in [-0.15, -0.1) is 0 Å². The van der Waals surface area contributed by atoms with E-state index < -0.39 is 0 Å². The third-order valence-electron chi connectivity index (χ3n) is 4.01. The van der Waals surface area contributed by atoms with Crippen molar-refractivity contribution in [2.45, 2.75) is 44.2 Å². The van der Waals surface area contributed by atoms with Crippen LogP contribution in [0.25, 0.3) is 0 Å². The van der Waals surface area contributed by atoms with Crippen LogP contribution in [-0.2, 0) is 0 Å². The highest BCUT2D eigenvalue weighted by atomic mass is 15.2. The minimum atomic E-state index is 0.257. The van der Waals surface area contributed by atoms with Gasteiger partial charge in [-0.2, -0.15) is 0 Å². The molecule has 3 atom stereocenters. The highest BCUT2D eigenvalue weighted by Gasteiger charge is 2.40. The second kappa shape index (κ2) is 3.77. The van der Waals surface area contributed by atoms with Crippen molar-refractivity contribution in [2.24, 2.45) is 5.73 Å². The van der Waals surface area contributed by atoms with Gasteiger partial charge in [-0.25, -0.2) is 0 Å². The molecule has 86 valence electrons. The molecule has 0 radical (unpaired) electrons. The zero-order valence-corrected chi connectivity index (χ0v) is 9.89. The van der Waals surface area contributed by atoms with Crippen molar-refractivity contribution >= 4 is 5.69 Å². The summed E-state index contributed by atoms with van der Waals surface area (Å²) in [6.07, 6.45) is 4.07. The third-order valence-corrected chi connectivity index (χ3v) is 4.01. The maximum absolute atomic E-state index is 5.97. The number of anilines is 1. The molecule has 1 aromatic carbocycles. The van der Waals surface area contributed by atoms with Gasteiger partial charge in [-0.3, -0.25) is 0 Å². The molecule has 1 aliphatic carbocycles. The number of para-hydroxylation sites is 1. The van der Waals surface area contributed by atoms with E-state index in [0.29, 0.717) is 0 Å². The SMILES string of the molecule is C[C@@H](N)CN1c2ccccc2C2CCCC21. The summed E-state index contributed by atoms with van der Waals surface area (Å²) >= 11 is 0. The molecule has 0 aromatic heterocycles. The molecule has 2 nitrogen and oxygen atoms in total. The lowest BCUT2D eigenvalue weighted by Crippen LogP contribution is -2.40. The molecule has 2 N–H and O–H groups in total. The molecule has 0 saturated heterocycles. The van der Waals surface area contributed by atoms with Crippen LogP contribution in [0.4, 0.5) is 5.69 Å². The minimum Gasteiger partial charge on any atom is -0.366 e. The zero-order chi connectivity index (χ0) is 11.1. The van der Waals surface area contributed by atoms with Gasteiger partial charge >= 0.3 is 0 Å². The van der Waals surface area contributed by atoms with Gasteiger partial charge in [-0.05, 0) is 31.4 Å². The van der Waals surface area contributed by atoms with E-state index in [4.69, 9.17) is 5.73 Å². The second-order valence-corrected chi connectivity index (χ2v) is 5.29. The molecule has 0 amide bonds. The Kier molecular flexibility index (Phi) is 2.40. The van der Waals surface area contributed by atoms with E-state index in [2.05, 4.69) is 36.1 Å². The van der Waals surface area contributed by atoms with E-state index in [0.717, 1.165) is 18.5 Å². The molecule has 16 heavy (non-hydrogen) atoms. The molecule has 3 rings (SSSR count). The third kappa shape index (κ3) is 1.44.